The van der Waals surface area contributed by atoms with Gasteiger partial charge in [0.1, 0.15) is 23.6 Å². The monoisotopic (exact) mass is 607 g/mol. The van der Waals surface area contributed by atoms with Gasteiger partial charge in [0.05, 0.1) is 19.2 Å². The topological polar surface area (TPSA) is 122 Å². The SMILES string of the molecule is COc1cc2c(Oc3ccc(NC(=O)C4=C(C)c5ccccc5C4)cc3)ccnc2cc1OCCC(N)C(=O)OC1CCCC1. The number of hydrogen-bond donors (Lipinski definition) is 2. The summed E-state index contributed by atoms with van der Waals surface area (Å²) in [5.41, 5.74) is 11.5. The van der Waals surface area contributed by atoms with Crippen LogP contribution in [0.3, 0.4) is 0 Å². The molecule has 1 atom stereocenters. The summed E-state index contributed by atoms with van der Waals surface area (Å²) in [6.07, 6.45) is 6.55. The maximum absolute atomic E-state index is 13.0. The maximum Gasteiger partial charge on any atom is 0.323 e. The van der Waals surface area contributed by atoms with Crippen molar-refractivity contribution in [3.05, 3.63) is 89.6 Å². The van der Waals surface area contributed by atoms with Crippen molar-refractivity contribution in [2.24, 2.45) is 5.73 Å². The Morgan fingerprint density at radius 2 is 1.78 bits per heavy atom. The lowest BCUT2D eigenvalue weighted by Crippen LogP contribution is -2.35. The van der Waals surface area contributed by atoms with Crippen molar-refractivity contribution in [3.63, 3.8) is 0 Å². The number of hydrogen-bond acceptors (Lipinski definition) is 8. The number of esters is 1. The van der Waals surface area contributed by atoms with Gasteiger partial charge >= 0.3 is 5.97 Å². The lowest BCUT2D eigenvalue weighted by atomic mass is 10.1. The molecule has 9 heteroatoms. The molecule has 4 aromatic rings. The minimum atomic E-state index is -0.754. The number of ether oxygens (including phenoxy) is 4. The molecule has 45 heavy (non-hydrogen) atoms. The van der Waals surface area contributed by atoms with E-state index < -0.39 is 6.04 Å². The molecular formula is C36H37N3O6. The van der Waals surface area contributed by atoms with E-state index in [0.717, 1.165) is 47.8 Å². The van der Waals surface area contributed by atoms with E-state index >= 15 is 0 Å². The van der Waals surface area contributed by atoms with Crippen LogP contribution >= 0.6 is 0 Å². The van der Waals surface area contributed by atoms with E-state index in [0.29, 0.717) is 47.0 Å². The highest BCUT2D eigenvalue weighted by atomic mass is 16.5. The first-order valence-electron chi connectivity index (χ1n) is 15.3. The van der Waals surface area contributed by atoms with Crippen LogP contribution in [0.1, 0.15) is 50.2 Å². The molecule has 0 aliphatic heterocycles. The van der Waals surface area contributed by atoms with E-state index in [-0.39, 0.29) is 24.6 Å². The molecule has 0 spiro atoms. The Balaban J connectivity index is 1.09. The van der Waals surface area contributed by atoms with Crippen LogP contribution in [0.25, 0.3) is 16.5 Å². The van der Waals surface area contributed by atoms with Crippen LogP contribution in [0.4, 0.5) is 5.69 Å². The van der Waals surface area contributed by atoms with Crippen LogP contribution in [0.15, 0.2) is 78.5 Å². The fourth-order valence-electron chi connectivity index (χ4n) is 5.88. The lowest BCUT2D eigenvalue weighted by molar-refractivity contribution is -0.150. The smallest absolute Gasteiger partial charge is 0.323 e. The van der Waals surface area contributed by atoms with Gasteiger partial charge in [0.25, 0.3) is 5.91 Å². The molecule has 2 aliphatic rings. The normalized spacial score (nSPS) is 15.1. The molecule has 1 aromatic heterocycles. The second kappa shape index (κ2) is 13.4. The Hall–Kier alpha value is -4.89. The average molecular weight is 608 g/mol. The molecule has 0 saturated heterocycles. The predicted molar refractivity (Wildman–Crippen MR) is 173 cm³/mol. The van der Waals surface area contributed by atoms with Gasteiger partial charge in [0.2, 0.25) is 0 Å². The molecule has 1 fully saturated rings. The number of pyridine rings is 1. The number of aromatic nitrogens is 1. The van der Waals surface area contributed by atoms with Crippen molar-refractivity contribution in [2.45, 2.75) is 57.6 Å². The van der Waals surface area contributed by atoms with Crippen molar-refractivity contribution in [3.8, 4) is 23.0 Å². The van der Waals surface area contributed by atoms with Crippen molar-refractivity contribution < 1.29 is 28.5 Å². The third kappa shape index (κ3) is 6.78. The third-order valence-corrected chi connectivity index (χ3v) is 8.42. The van der Waals surface area contributed by atoms with Gasteiger partial charge in [-0.2, -0.15) is 0 Å². The van der Waals surface area contributed by atoms with Gasteiger partial charge in [0.15, 0.2) is 11.5 Å². The fraction of sp³-hybridized carbons (Fsp3) is 0.306. The van der Waals surface area contributed by atoms with E-state index in [9.17, 15) is 9.59 Å². The van der Waals surface area contributed by atoms with Crippen LogP contribution in [0.2, 0.25) is 0 Å². The summed E-state index contributed by atoms with van der Waals surface area (Å²) >= 11 is 0. The van der Waals surface area contributed by atoms with Crippen molar-refractivity contribution >= 4 is 34.0 Å². The van der Waals surface area contributed by atoms with Crippen molar-refractivity contribution in [2.75, 3.05) is 19.0 Å². The Kier molecular flexibility index (Phi) is 8.98. The van der Waals surface area contributed by atoms with Crippen LogP contribution in [-0.2, 0) is 20.7 Å². The molecule has 2 aliphatic carbocycles. The van der Waals surface area contributed by atoms with Crippen LogP contribution in [-0.4, -0.2) is 42.7 Å². The Bertz CT molecular complexity index is 1740. The van der Waals surface area contributed by atoms with Gasteiger partial charge < -0.3 is 30.0 Å². The minimum Gasteiger partial charge on any atom is -0.493 e. The number of nitrogens with two attached hydrogens (primary N) is 1. The number of rotatable bonds is 11. The second-order valence-electron chi connectivity index (χ2n) is 11.4. The molecule has 3 N–H and O–H groups in total. The van der Waals surface area contributed by atoms with E-state index in [1.807, 2.05) is 49.4 Å². The highest BCUT2D eigenvalue weighted by molar-refractivity contribution is 6.10. The predicted octanol–water partition coefficient (Wildman–Crippen LogP) is 6.59. The highest BCUT2D eigenvalue weighted by Crippen LogP contribution is 2.38. The zero-order valence-electron chi connectivity index (χ0n) is 25.5. The highest BCUT2D eigenvalue weighted by Gasteiger charge is 2.24. The van der Waals surface area contributed by atoms with Gasteiger partial charge in [0, 0.05) is 41.8 Å². The van der Waals surface area contributed by atoms with E-state index in [4.69, 9.17) is 24.7 Å². The first-order chi connectivity index (χ1) is 21.9. The third-order valence-electron chi connectivity index (χ3n) is 8.42. The summed E-state index contributed by atoms with van der Waals surface area (Å²) in [7, 11) is 1.56. The molecule has 1 unspecified atom stereocenters. The number of amides is 1. The van der Waals surface area contributed by atoms with Gasteiger partial charge in [-0.05, 0) is 85.7 Å². The van der Waals surface area contributed by atoms with Gasteiger partial charge in [-0.3, -0.25) is 14.6 Å². The number of carbonyl (C=O) groups excluding carboxylic acids is 2. The Morgan fingerprint density at radius 3 is 2.53 bits per heavy atom. The number of methoxy groups -OCH3 is 1. The summed E-state index contributed by atoms with van der Waals surface area (Å²) in [5.74, 6) is 1.68. The number of nitrogens with one attached hydrogen (secondary N) is 1. The van der Waals surface area contributed by atoms with Gasteiger partial charge in [-0.15, -0.1) is 0 Å². The van der Waals surface area contributed by atoms with E-state index in [1.54, 1.807) is 25.4 Å². The van der Waals surface area contributed by atoms with Crippen molar-refractivity contribution in [1.82, 2.24) is 4.98 Å². The molecule has 1 amide bonds. The first-order valence-corrected chi connectivity index (χ1v) is 15.3. The summed E-state index contributed by atoms with van der Waals surface area (Å²) in [6.45, 7) is 2.21. The zero-order chi connectivity index (χ0) is 31.3. The molecular weight excluding hydrogens is 570 g/mol. The van der Waals surface area contributed by atoms with Crippen LogP contribution in [0.5, 0.6) is 23.0 Å². The zero-order valence-corrected chi connectivity index (χ0v) is 25.5. The second-order valence-corrected chi connectivity index (χ2v) is 11.4. The molecule has 1 saturated carbocycles. The average Bonchev–Trinajstić information content (AvgIpc) is 3.69. The molecule has 0 radical (unpaired) electrons. The summed E-state index contributed by atoms with van der Waals surface area (Å²) in [4.78, 5) is 29.9. The van der Waals surface area contributed by atoms with Gasteiger partial charge in [-0.25, -0.2) is 0 Å². The summed E-state index contributed by atoms with van der Waals surface area (Å²) in [6, 6.07) is 20.0. The molecule has 9 nitrogen and oxygen atoms in total. The van der Waals surface area contributed by atoms with E-state index in [1.165, 1.54) is 5.56 Å². The lowest BCUT2D eigenvalue weighted by Gasteiger charge is -2.17. The number of nitrogens with zero attached hydrogens (tertiary/aromatic N) is 1. The largest absolute Gasteiger partial charge is 0.493 e. The minimum absolute atomic E-state index is 0.0193. The number of carbonyl (C=O) groups is 2. The summed E-state index contributed by atoms with van der Waals surface area (Å²) < 4.78 is 23.3. The van der Waals surface area contributed by atoms with Gasteiger partial charge in [-0.1, -0.05) is 24.3 Å². The number of anilines is 1. The Labute approximate surface area is 262 Å². The Morgan fingerprint density at radius 1 is 1.00 bits per heavy atom. The number of allylic oxidation sites excluding steroid dienone is 1. The molecule has 1 heterocycles. The van der Waals surface area contributed by atoms with E-state index in [2.05, 4.69) is 22.4 Å². The number of benzene rings is 3. The molecule has 0 bridgehead atoms. The first kappa shape index (κ1) is 30.1. The summed E-state index contributed by atoms with van der Waals surface area (Å²) in [5, 5.41) is 3.75. The maximum atomic E-state index is 13.0. The number of fused-ring (bicyclic) bond motifs is 2. The standard InChI is InChI=1S/C36H37N3O6/c1-22-27-10-6-3-7-23(27)19-28(22)35(40)39-24-11-13-26(14-12-24)44-32-15-17-38-31-21-34(33(42-2)20-29(31)32)43-18-16-30(37)36(41)45-25-8-4-5-9-25/h3,6-7,10-15,17,20-21,25,30H,4-5,8-9,16,18-19,37H2,1-2H3,(H,39,40). The van der Waals surface area contributed by atoms with Crippen LogP contribution < -0.4 is 25.3 Å². The fourth-order valence-corrected chi connectivity index (χ4v) is 5.88. The quantitative estimate of drug-likeness (QED) is 0.183. The molecule has 3 aromatic carbocycles. The van der Waals surface area contributed by atoms with Crippen LogP contribution in [0, 0.1) is 0 Å². The molecule has 232 valence electrons. The molecule has 6 rings (SSSR count). The van der Waals surface area contributed by atoms with Crippen molar-refractivity contribution in [1.29, 1.82) is 0 Å².